The Hall–Kier alpha value is -0.810. The van der Waals surface area contributed by atoms with Crippen molar-refractivity contribution in [1.82, 2.24) is 0 Å². The van der Waals surface area contributed by atoms with Crippen LogP contribution in [0.2, 0.25) is 0 Å². The molecule has 9 heavy (non-hydrogen) atoms. The Balaban J connectivity index is 3.49. The van der Waals surface area contributed by atoms with E-state index < -0.39 is 0 Å². The van der Waals surface area contributed by atoms with Crippen LogP contribution in [0.1, 0.15) is 13.3 Å². The van der Waals surface area contributed by atoms with Gasteiger partial charge in [-0.15, -0.1) is 5.73 Å². The van der Waals surface area contributed by atoms with Crippen molar-refractivity contribution in [2.75, 3.05) is 7.05 Å². The summed E-state index contributed by atoms with van der Waals surface area (Å²) in [5, 5.41) is 0. The van der Waals surface area contributed by atoms with Crippen LogP contribution < -0.4 is 0 Å². The molecule has 1 nitrogen and oxygen atoms in total. The third kappa shape index (κ3) is 5.05. The lowest BCUT2D eigenvalue weighted by molar-refractivity contribution is 0.807. The molecular weight excluding hydrogens is 110 g/mol. The summed E-state index contributed by atoms with van der Waals surface area (Å²) in [7, 11) is 1.79. The van der Waals surface area contributed by atoms with Gasteiger partial charge in [-0.2, -0.15) is 0 Å². The standard InChI is InChI=1S/C8H13N/c1-4-5-6-8(2)7-9-3/h5,7-8H,1,6H2,2-3H3. The summed E-state index contributed by atoms with van der Waals surface area (Å²) in [5.74, 6) is 0.518. The molecule has 0 amide bonds. The van der Waals surface area contributed by atoms with Gasteiger partial charge < -0.3 is 4.99 Å². The Kier molecular flexibility index (Phi) is 4.85. The van der Waals surface area contributed by atoms with Crippen molar-refractivity contribution in [2.24, 2.45) is 10.9 Å². The van der Waals surface area contributed by atoms with Gasteiger partial charge in [-0.25, -0.2) is 0 Å². The predicted molar refractivity (Wildman–Crippen MR) is 41.9 cm³/mol. The van der Waals surface area contributed by atoms with E-state index in [1.54, 1.807) is 7.05 Å². The highest BCUT2D eigenvalue weighted by Gasteiger charge is 1.90. The van der Waals surface area contributed by atoms with Gasteiger partial charge in [-0.3, -0.25) is 0 Å². The minimum absolute atomic E-state index is 0.518. The second-order valence-electron chi connectivity index (χ2n) is 2.03. The van der Waals surface area contributed by atoms with Crippen LogP contribution in [0.25, 0.3) is 0 Å². The molecule has 0 aliphatic rings. The van der Waals surface area contributed by atoms with Crippen molar-refractivity contribution in [3.8, 4) is 0 Å². The van der Waals surface area contributed by atoms with Crippen LogP contribution in [-0.2, 0) is 0 Å². The van der Waals surface area contributed by atoms with Crippen molar-refractivity contribution in [1.29, 1.82) is 0 Å². The van der Waals surface area contributed by atoms with Gasteiger partial charge in [-0.1, -0.05) is 13.5 Å². The zero-order chi connectivity index (χ0) is 7.11. The lowest BCUT2D eigenvalue weighted by Crippen LogP contribution is -1.91. The first-order valence-electron chi connectivity index (χ1n) is 3.07. The minimum atomic E-state index is 0.518. The molecule has 0 aromatic heterocycles. The topological polar surface area (TPSA) is 12.4 Å². The maximum atomic E-state index is 3.90. The highest BCUT2D eigenvalue weighted by molar-refractivity contribution is 5.60. The molecule has 0 aromatic carbocycles. The van der Waals surface area contributed by atoms with Gasteiger partial charge in [0.15, 0.2) is 0 Å². The van der Waals surface area contributed by atoms with Crippen LogP contribution in [0, 0.1) is 5.92 Å². The Bertz CT molecular complexity index is 130. The average molecular weight is 123 g/mol. The molecule has 0 rings (SSSR count). The Labute approximate surface area is 56.8 Å². The summed E-state index contributed by atoms with van der Waals surface area (Å²) in [6, 6.07) is 0. The van der Waals surface area contributed by atoms with Crippen LogP contribution in [0.15, 0.2) is 23.4 Å². The number of rotatable bonds is 3. The summed E-state index contributed by atoms with van der Waals surface area (Å²) in [6.07, 6.45) is 4.83. The van der Waals surface area contributed by atoms with E-state index in [0.29, 0.717) is 5.92 Å². The van der Waals surface area contributed by atoms with Crippen LogP contribution in [-0.4, -0.2) is 13.3 Å². The van der Waals surface area contributed by atoms with Crippen molar-refractivity contribution in [3.05, 3.63) is 18.4 Å². The van der Waals surface area contributed by atoms with Crippen molar-refractivity contribution < 1.29 is 0 Å². The summed E-state index contributed by atoms with van der Waals surface area (Å²) < 4.78 is 0. The second-order valence-corrected chi connectivity index (χ2v) is 2.03. The fourth-order valence-corrected chi connectivity index (χ4v) is 0.585. The van der Waals surface area contributed by atoms with Gasteiger partial charge >= 0.3 is 0 Å². The zero-order valence-electron chi connectivity index (χ0n) is 6.09. The summed E-state index contributed by atoms with van der Waals surface area (Å²) in [4.78, 5) is 3.90. The number of hydrogen-bond donors (Lipinski definition) is 0. The van der Waals surface area contributed by atoms with E-state index in [4.69, 9.17) is 0 Å². The second kappa shape index (κ2) is 5.33. The smallest absolute Gasteiger partial charge is 0.0273 e. The third-order valence-electron chi connectivity index (χ3n) is 1.04. The van der Waals surface area contributed by atoms with Crippen LogP contribution in [0.3, 0.4) is 0 Å². The predicted octanol–water partition coefficient (Wildman–Crippen LogP) is 2.05. The highest BCUT2D eigenvalue weighted by Crippen LogP contribution is 1.97. The van der Waals surface area contributed by atoms with Gasteiger partial charge in [0.1, 0.15) is 0 Å². The zero-order valence-corrected chi connectivity index (χ0v) is 6.09. The van der Waals surface area contributed by atoms with Crippen molar-refractivity contribution in [3.63, 3.8) is 0 Å². The van der Waals surface area contributed by atoms with Crippen molar-refractivity contribution in [2.45, 2.75) is 13.3 Å². The van der Waals surface area contributed by atoms with E-state index in [0.717, 1.165) is 6.42 Å². The lowest BCUT2D eigenvalue weighted by Gasteiger charge is -1.95. The molecule has 0 aliphatic heterocycles. The van der Waals surface area contributed by atoms with Gasteiger partial charge in [0, 0.05) is 13.3 Å². The summed E-state index contributed by atoms with van der Waals surface area (Å²) >= 11 is 0. The largest absolute Gasteiger partial charge is 0.301 e. The quantitative estimate of drug-likeness (QED) is 0.402. The van der Waals surface area contributed by atoms with E-state index in [9.17, 15) is 0 Å². The molecular formula is C8H13N. The van der Waals surface area contributed by atoms with Gasteiger partial charge in [0.2, 0.25) is 0 Å². The molecule has 0 bridgehead atoms. The van der Waals surface area contributed by atoms with Crippen LogP contribution in [0.5, 0.6) is 0 Å². The first-order valence-corrected chi connectivity index (χ1v) is 3.07. The Morgan fingerprint density at radius 1 is 1.78 bits per heavy atom. The van der Waals surface area contributed by atoms with E-state index in [-0.39, 0.29) is 0 Å². The molecule has 1 atom stereocenters. The number of nitrogens with zero attached hydrogens (tertiary/aromatic N) is 1. The first-order chi connectivity index (χ1) is 4.31. The molecule has 0 saturated heterocycles. The molecule has 0 heterocycles. The molecule has 0 aliphatic carbocycles. The average Bonchev–Trinajstić information content (AvgIpc) is 1.85. The number of allylic oxidation sites excluding steroid dienone is 1. The first kappa shape index (κ1) is 8.19. The molecule has 0 saturated carbocycles. The van der Waals surface area contributed by atoms with Crippen LogP contribution in [0.4, 0.5) is 0 Å². The number of aliphatic imine (C=N–C) groups is 1. The van der Waals surface area contributed by atoms with Crippen LogP contribution >= 0.6 is 0 Å². The lowest BCUT2D eigenvalue weighted by atomic mass is 10.1. The molecule has 0 fully saturated rings. The molecule has 0 aromatic rings. The summed E-state index contributed by atoms with van der Waals surface area (Å²) in [6.45, 7) is 5.58. The molecule has 1 heteroatoms. The minimum Gasteiger partial charge on any atom is -0.301 e. The Morgan fingerprint density at radius 3 is 2.89 bits per heavy atom. The van der Waals surface area contributed by atoms with Crippen molar-refractivity contribution >= 4 is 6.21 Å². The van der Waals surface area contributed by atoms with Gasteiger partial charge in [-0.05, 0) is 18.4 Å². The Morgan fingerprint density at radius 2 is 2.44 bits per heavy atom. The normalized spacial score (nSPS) is 13.1. The van der Waals surface area contributed by atoms with E-state index in [2.05, 4.69) is 24.2 Å². The molecule has 0 radical (unpaired) electrons. The van der Waals surface area contributed by atoms with E-state index in [1.807, 2.05) is 12.3 Å². The molecule has 50 valence electrons. The van der Waals surface area contributed by atoms with E-state index in [1.165, 1.54) is 0 Å². The third-order valence-corrected chi connectivity index (χ3v) is 1.04. The summed E-state index contributed by atoms with van der Waals surface area (Å²) in [5.41, 5.74) is 2.72. The SMILES string of the molecule is C=C=CCC(C)C=NC. The fraction of sp³-hybridized carbons (Fsp3) is 0.500. The molecule has 1 unspecified atom stereocenters. The van der Waals surface area contributed by atoms with Gasteiger partial charge in [0.05, 0.1) is 0 Å². The molecule has 0 N–H and O–H groups in total. The number of hydrogen-bond acceptors (Lipinski definition) is 1. The fourth-order valence-electron chi connectivity index (χ4n) is 0.585. The maximum Gasteiger partial charge on any atom is 0.0273 e. The van der Waals surface area contributed by atoms with Gasteiger partial charge in [0.25, 0.3) is 0 Å². The van der Waals surface area contributed by atoms with E-state index >= 15 is 0 Å². The molecule has 0 spiro atoms. The maximum absolute atomic E-state index is 3.90. The monoisotopic (exact) mass is 123 g/mol. The highest BCUT2D eigenvalue weighted by atomic mass is 14.6.